The van der Waals surface area contributed by atoms with Crippen molar-refractivity contribution in [3.63, 3.8) is 0 Å². The van der Waals surface area contributed by atoms with Crippen molar-refractivity contribution in [3.8, 4) is 0 Å². The molecule has 0 atom stereocenters. The van der Waals surface area contributed by atoms with Crippen LogP contribution in [0.25, 0.3) is 0 Å². The SMILES string of the molecule is F.FB(F)F.O. The summed E-state index contributed by atoms with van der Waals surface area (Å²) in [5.41, 5.74) is 0. The molecule has 6 heteroatoms. The average molecular weight is 106 g/mol. The lowest BCUT2D eigenvalue weighted by Gasteiger charge is -1.55. The van der Waals surface area contributed by atoms with Crippen LogP contribution in [0.3, 0.4) is 0 Å². The van der Waals surface area contributed by atoms with Crippen LogP contribution < -0.4 is 0 Å². The summed E-state index contributed by atoms with van der Waals surface area (Å²) in [5.74, 6) is 0. The molecule has 2 N–H and O–H groups in total. The molecule has 0 aliphatic rings. The lowest BCUT2D eigenvalue weighted by atomic mass is 10.5. The summed E-state index contributed by atoms with van der Waals surface area (Å²) in [5, 5.41) is 0. The normalized spacial score (nSPS) is 4.50. The number of hydrogen-bond acceptors (Lipinski definition) is 0. The predicted molar refractivity (Wildman–Crippen MR) is 15.2 cm³/mol. The summed E-state index contributed by atoms with van der Waals surface area (Å²) in [7, 11) is -3.67. The van der Waals surface area contributed by atoms with E-state index in [1.54, 1.807) is 0 Å². The van der Waals surface area contributed by atoms with Gasteiger partial charge in [0.2, 0.25) is 0 Å². The minimum atomic E-state index is -3.67. The zero-order valence-corrected chi connectivity index (χ0v) is 2.62. The zero-order chi connectivity index (χ0) is 3.58. The van der Waals surface area contributed by atoms with Crippen molar-refractivity contribution in [2.45, 2.75) is 0 Å². The highest BCUT2D eigenvalue weighted by atomic mass is 19.4. The van der Waals surface area contributed by atoms with Gasteiger partial charge in [0.1, 0.15) is 0 Å². The molecular weight excluding hydrogens is 103 g/mol. The van der Waals surface area contributed by atoms with Crippen LogP contribution in [-0.4, -0.2) is 13.0 Å². The molecule has 0 unspecified atom stereocenters. The molecular formula is H3BF4O. The first-order chi connectivity index (χ1) is 1.73. The van der Waals surface area contributed by atoms with Gasteiger partial charge in [0.25, 0.3) is 0 Å². The zero-order valence-electron chi connectivity index (χ0n) is 2.62. The molecule has 0 aliphatic heterocycles. The Bertz CT molecular complexity index is 12.3. The van der Waals surface area contributed by atoms with E-state index in [0.717, 1.165) is 0 Å². The third kappa shape index (κ3) is 434. The van der Waals surface area contributed by atoms with Crippen LogP contribution in [0.1, 0.15) is 0 Å². The fourth-order valence-electron chi connectivity index (χ4n) is 0. The fraction of sp³-hybridized carbons (Fsp3) is 0. The quantitative estimate of drug-likeness (QED) is 0.312. The van der Waals surface area contributed by atoms with Gasteiger partial charge in [-0.3, -0.25) is 17.7 Å². The highest BCUT2D eigenvalue weighted by molar-refractivity contribution is 6.33. The molecule has 0 saturated carbocycles. The topological polar surface area (TPSA) is 31.5 Å². The smallest absolute Gasteiger partial charge is 0.412 e. The first-order valence-electron chi connectivity index (χ1n) is 0.655. The van der Waals surface area contributed by atoms with Crippen molar-refractivity contribution in [1.29, 1.82) is 0 Å². The Balaban J connectivity index is -0.0000000450. The van der Waals surface area contributed by atoms with Gasteiger partial charge in [0, 0.05) is 0 Å². The molecule has 0 saturated heterocycles. The average Bonchev–Trinajstić information content (AvgIpc) is 0.811. The molecule has 0 spiro atoms. The van der Waals surface area contributed by atoms with Crippen molar-refractivity contribution in [2.24, 2.45) is 0 Å². The molecule has 0 fully saturated rings. The molecule has 0 bridgehead atoms. The summed E-state index contributed by atoms with van der Waals surface area (Å²) in [4.78, 5) is 0. The molecule has 0 aliphatic carbocycles. The molecule has 6 heavy (non-hydrogen) atoms. The summed E-state index contributed by atoms with van der Waals surface area (Å²) in [6.45, 7) is 0. The first-order valence-corrected chi connectivity index (χ1v) is 0.655. The van der Waals surface area contributed by atoms with Gasteiger partial charge in [-0.25, -0.2) is 0 Å². The van der Waals surface area contributed by atoms with E-state index in [4.69, 9.17) is 0 Å². The maximum atomic E-state index is 9.67. The standard InChI is InChI=1S/BF3.FH.H2O/c2-1(3)4;;/h;1H;1H2. The van der Waals surface area contributed by atoms with Crippen molar-refractivity contribution in [1.82, 2.24) is 0 Å². The maximum Gasteiger partial charge on any atom is 0.762 e. The van der Waals surface area contributed by atoms with E-state index in [0.29, 0.717) is 0 Å². The minimum Gasteiger partial charge on any atom is -0.412 e. The molecule has 0 amide bonds. The van der Waals surface area contributed by atoms with Crippen LogP contribution >= 0.6 is 0 Å². The van der Waals surface area contributed by atoms with Gasteiger partial charge in [-0.05, 0) is 0 Å². The molecule has 1 nitrogen and oxygen atoms in total. The van der Waals surface area contributed by atoms with Crippen molar-refractivity contribution < 1.29 is 23.1 Å². The van der Waals surface area contributed by atoms with Gasteiger partial charge >= 0.3 is 7.54 Å². The van der Waals surface area contributed by atoms with Crippen LogP contribution in [0.5, 0.6) is 0 Å². The lowest BCUT2D eigenvalue weighted by Crippen LogP contribution is -1.76. The Hall–Kier alpha value is -0.255. The van der Waals surface area contributed by atoms with Gasteiger partial charge in [-0.2, -0.15) is 0 Å². The molecule has 0 heterocycles. The van der Waals surface area contributed by atoms with Gasteiger partial charge < -0.3 is 5.48 Å². The molecule has 0 aromatic carbocycles. The van der Waals surface area contributed by atoms with E-state index in [2.05, 4.69) is 0 Å². The van der Waals surface area contributed by atoms with Gasteiger partial charge in [-0.1, -0.05) is 0 Å². The second-order valence-electron chi connectivity index (χ2n) is 0.247. The Morgan fingerprint density at radius 2 is 1.00 bits per heavy atom. The van der Waals surface area contributed by atoms with Gasteiger partial charge in [0.05, 0.1) is 0 Å². The van der Waals surface area contributed by atoms with Crippen molar-refractivity contribution in [2.75, 3.05) is 0 Å². The second kappa shape index (κ2) is 8.83. The minimum absolute atomic E-state index is 0. The highest BCUT2D eigenvalue weighted by Crippen LogP contribution is 1.80. The van der Waals surface area contributed by atoms with E-state index in [1.807, 2.05) is 0 Å². The van der Waals surface area contributed by atoms with E-state index < -0.39 is 7.54 Å². The summed E-state index contributed by atoms with van der Waals surface area (Å²) < 4.78 is 29.0. The van der Waals surface area contributed by atoms with E-state index in [-0.39, 0.29) is 10.2 Å². The van der Waals surface area contributed by atoms with Gasteiger partial charge in [0.15, 0.2) is 0 Å². The third-order valence-electron chi connectivity index (χ3n) is 0. The fourth-order valence-corrected chi connectivity index (χ4v) is 0. The number of halogens is 4. The molecule has 0 rings (SSSR count). The molecule has 40 valence electrons. The Kier molecular flexibility index (Phi) is 25.3. The Labute approximate surface area is 32.1 Å². The second-order valence-corrected chi connectivity index (χ2v) is 0.247. The van der Waals surface area contributed by atoms with Crippen LogP contribution in [-0.2, 0) is 0 Å². The molecule has 0 aromatic heterocycles. The van der Waals surface area contributed by atoms with Crippen LogP contribution in [0.4, 0.5) is 17.7 Å². The first kappa shape index (κ1) is 17.2. The number of hydrogen-bond donors (Lipinski definition) is 0. The third-order valence-corrected chi connectivity index (χ3v) is 0. The largest absolute Gasteiger partial charge is 0.762 e. The summed E-state index contributed by atoms with van der Waals surface area (Å²) in [6.07, 6.45) is 0. The van der Waals surface area contributed by atoms with Gasteiger partial charge in [-0.15, -0.1) is 0 Å². The summed E-state index contributed by atoms with van der Waals surface area (Å²) in [6, 6.07) is 0. The molecule has 0 radical (unpaired) electrons. The Morgan fingerprint density at radius 3 is 1.00 bits per heavy atom. The number of rotatable bonds is 0. The van der Waals surface area contributed by atoms with E-state index in [1.165, 1.54) is 0 Å². The molecule has 0 aromatic rings. The predicted octanol–water partition coefficient (Wildman–Crippen LogP) is 0.208. The lowest BCUT2D eigenvalue weighted by molar-refractivity contribution is 0.535. The van der Waals surface area contributed by atoms with Crippen molar-refractivity contribution in [3.05, 3.63) is 0 Å². The van der Waals surface area contributed by atoms with E-state index in [9.17, 15) is 12.9 Å². The highest BCUT2D eigenvalue weighted by Gasteiger charge is 2.06. The Morgan fingerprint density at radius 1 is 1.00 bits per heavy atom. The van der Waals surface area contributed by atoms with Crippen LogP contribution in [0, 0.1) is 0 Å². The maximum absolute atomic E-state index is 9.67. The van der Waals surface area contributed by atoms with Crippen LogP contribution in [0.15, 0.2) is 0 Å². The van der Waals surface area contributed by atoms with Crippen LogP contribution in [0.2, 0.25) is 0 Å². The van der Waals surface area contributed by atoms with E-state index >= 15 is 0 Å². The monoisotopic (exact) mass is 106 g/mol. The van der Waals surface area contributed by atoms with Crippen molar-refractivity contribution >= 4 is 7.54 Å². The summed E-state index contributed by atoms with van der Waals surface area (Å²) >= 11 is 0.